The van der Waals surface area contributed by atoms with Crippen LogP contribution in [0.5, 0.6) is 0 Å². The van der Waals surface area contributed by atoms with Gasteiger partial charge in [0.05, 0.1) is 0 Å². The molecular formula is C9H14Cl2. The summed E-state index contributed by atoms with van der Waals surface area (Å²) in [5.74, 6) is 0.528. The molecule has 0 aromatic carbocycles. The topological polar surface area (TPSA) is 0 Å². The zero-order chi connectivity index (χ0) is 8.86. The molecule has 11 heavy (non-hydrogen) atoms. The van der Waals surface area contributed by atoms with E-state index in [1.807, 2.05) is 6.08 Å². The molecule has 1 aliphatic carbocycles. The second-order valence-electron chi connectivity index (χ2n) is 4.38. The Labute approximate surface area is 78.6 Å². The minimum atomic E-state index is 0.349. The summed E-state index contributed by atoms with van der Waals surface area (Å²) in [5.41, 5.74) is 0.698. The van der Waals surface area contributed by atoms with E-state index in [2.05, 4.69) is 27.7 Å². The van der Waals surface area contributed by atoms with E-state index in [9.17, 15) is 0 Å². The molecule has 0 N–H and O–H groups in total. The minimum Gasteiger partial charge on any atom is -0.0712 e. The third kappa shape index (κ3) is 1.31. The van der Waals surface area contributed by atoms with Crippen molar-refractivity contribution in [2.24, 2.45) is 16.7 Å². The van der Waals surface area contributed by atoms with E-state index in [4.69, 9.17) is 23.2 Å². The fourth-order valence-electron chi connectivity index (χ4n) is 1.79. The fourth-order valence-corrected chi connectivity index (χ4v) is 2.04. The molecule has 0 bridgehead atoms. The van der Waals surface area contributed by atoms with Gasteiger partial charge in [-0.1, -0.05) is 50.9 Å². The van der Waals surface area contributed by atoms with Crippen molar-refractivity contribution in [2.45, 2.75) is 27.7 Å². The molecule has 0 radical (unpaired) electrons. The van der Waals surface area contributed by atoms with Gasteiger partial charge in [0.1, 0.15) is 4.49 Å². The smallest absolute Gasteiger partial charge is 0.0712 e. The number of rotatable bonds is 1. The summed E-state index contributed by atoms with van der Waals surface area (Å²) in [4.78, 5) is 0. The first kappa shape index (κ1) is 9.41. The molecular weight excluding hydrogens is 179 g/mol. The first-order chi connectivity index (χ1) is 4.80. The van der Waals surface area contributed by atoms with E-state index in [0.717, 1.165) is 0 Å². The second-order valence-corrected chi connectivity index (χ2v) is 5.39. The molecule has 0 aromatic heterocycles. The van der Waals surface area contributed by atoms with Crippen LogP contribution >= 0.6 is 23.2 Å². The Morgan fingerprint density at radius 3 is 1.55 bits per heavy atom. The van der Waals surface area contributed by atoms with Crippen LogP contribution in [0.4, 0.5) is 0 Å². The molecule has 0 aromatic rings. The average Bonchev–Trinajstić information content (AvgIpc) is 2.11. The van der Waals surface area contributed by atoms with E-state index in [1.165, 1.54) is 0 Å². The number of hydrogen-bond acceptors (Lipinski definition) is 0. The van der Waals surface area contributed by atoms with E-state index >= 15 is 0 Å². The van der Waals surface area contributed by atoms with Gasteiger partial charge in [0.2, 0.25) is 0 Å². The molecule has 1 saturated carbocycles. The van der Waals surface area contributed by atoms with Gasteiger partial charge in [-0.25, -0.2) is 0 Å². The van der Waals surface area contributed by atoms with Gasteiger partial charge in [0, 0.05) is 0 Å². The van der Waals surface area contributed by atoms with Gasteiger partial charge in [-0.2, -0.15) is 0 Å². The van der Waals surface area contributed by atoms with E-state index in [1.54, 1.807) is 0 Å². The van der Waals surface area contributed by atoms with Gasteiger partial charge >= 0.3 is 0 Å². The Morgan fingerprint density at radius 1 is 1.09 bits per heavy atom. The van der Waals surface area contributed by atoms with Gasteiger partial charge in [-0.05, 0) is 22.8 Å². The lowest BCUT2D eigenvalue weighted by Crippen LogP contribution is -1.95. The lowest BCUT2D eigenvalue weighted by atomic mass is 10.0. The minimum absolute atomic E-state index is 0.349. The van der Waals surface area contributed by atoms with Crippen LogP contribution in [0.3, 0.4) is 0 Å². The summed E-state index contributed by atoms with van der Waals surface area (Å²) in [6.07, 6.45) is 1.95. The van der Waals surface area contributed by atoms with Crippen molar-refractivity contribution in [3.63, 3.8) is 0 Å². The molecule has 1 rings (SSSR count). The number of allylic oxidation sites excluding steroid dienone is 1. The summed E-state index contributed by atoms with van der Waals surface area (Å²) >= 11 is 11.2. The van der Waals surface area contributed by atoms with E-state index in [0.29, 0.717) is 21.2 Å². The maximum absolute atomic E-state index is 5.59. The number of hydrogen-bond donors (Lipinski definition) is 0. The standard InChI is InChI=1S/C9H14Cl2/c1-8(2)6(5-7(10)11)9(8,3)4/h5-6H,1-4H3. The zero-order valence-electron chi connectivity index (χ0n) is 7.41. The van der Waals surface area contributed by atoms with Crippen molar-refractivity contribution in [1.29, 1.82) is 0 Å². The van der Waals surface area contributed by atoms with Crippen molar-refractivity contribution in [3.8, 4) is 0 Å². The highest BCUT2D eigenvalue weighted by Crippen LogP contribution is 2.69. The maximum atomic E-state index is 5.59. The summed E-state index contributed by atoms with van der Waals surface area (Å²) in [6.45, 7) is 8.96. The molecule has 2 heteroatoms. The maximum Gasteiger partial charge on any atom is 0.103 e. The van der Waals surface area contributed by atoms with Crippen molar-refractivity contribution in [1.82, 2.24) is 0 Å². The molecule has 0 unspecified atom stereocenters. The Balaban J connectivity index is 2.76. The molecule has 1 fully saturated rings. The molecule has 0 heterocycles. The molecule has 0 amide bonds. The lowest BCUT2D eigenvalue weighted by molar-refractivity contribution is 0.457. The van der Waals surface area contributed by atoms with Gasteiger partial charge in [-0.3, -0.25) is 0 Å². The van der Waals surface area contributed by atoms with Crippen LogP contribution in [0.15, 0.2) is 10.6 Å². The third-order valence-electron chi connectivity index (χ3n) is 3.43. The Bertz CT molecular complexity index is 184. The molecule has 0 spiro atoms. The second kappa shape index (κ2) is 2.40. The van der Waals surface area contributed by atoms with Crippen LogP contribution in [0.25, 0.3) is 0 Å². The monoisotopic (exact) mass is 192 g/mol. The first-order valence-electron chi connectivity index (χ1n) is 3.83. The summed E-state index contributed by atoms with van der Waals surface area (Å²) in [6, 6.07) is 0. The van der Waals surface area contributed by atoms with E-state index in [-0.39, 0.29) is 0 Å². The predicted octanol–water partition coefficient (Wildman–Crippen LogP) is 3.99. The van der Waals surface area contributed by atoms with Crippen LogP contribution in [0, 0.1) is 16.7 Å². The SMILES string of the molecule is CC1(C)C(C=C(Cl)Cl)C1(C)C. The van der Waals surface area contributed by atoms with Gasteiger partial charge in [-0.15, -0.1) is 0 Å². The van der Waals surface area contributed by atoms with Gasteiger partial charge in [0.25, 0.3) is 0 Å². The van der Waals surface area contributed by atoms with Gasteiger partial charge < -0.3 is 0 Å². The normalized spacial score (nSPS) is 26.4. The zero-order valence-corrected chi connectivity index (χ0v) is 8.92. The molecule has 1 aliphatic rings. The van der Waals surface area contributed by atoms with Crippen molar-refractivity contribution in [3.05, 3.63) is 10.6 Å². The first-order valence-corrected chi connectivity index (χ1v) is 4.58. The van der Waals surface area contributed by atoms with Crippen molar-refractivity contribution < 1.29 is 0 Å². The highest BCUT2D eigenvalue weighted by atomic mass is 35.5. The predicted molar refractivity (Wildman–Crippen MR) is 50.8 cm³/mol. The van der Waals surface area contributed by atoms with E-state index < -0.39 is 0 Å². The molecule has 0 nitrogen and oxygen atoms in total. The Morgan fingerprint density at radius 2 is 1.45 bits per heavy atom. The summed E-state index contributed by atoms with van der Waals surface area (Å²) in [5, 5.41) is 0. The van der Waals surface area contributed by atoms with Crippen LogP contribution in [-0.4, -0.2) is 0 Å². The fraction of sp³-hybridized carbons (Fsp3) is 0.778. The third-order valence-corrected chi connectivity index (χ3v) is 3.68. The van der Waals surface area contributed by atoms with Crippen LogP contribution in [0.1, 0.15) is 27.7 Å². The van der Waals surface area contributed by atoms with Gasteiger partial charge in [0.15, 0.2) is 0 Å². The average molecular weight is 193 g/mol. The summed E-state index contributed by atoms with van der Waals surface area (Å²) < 4.78 is 0.397. The highest BCUT2D eigenvalue weighted by Gasteiger charge is 2.63. The molecule has 0 saturated heterocycles. The Kier molecular flexibility index (Phi) is 2.05. The Hall–Kier alpha value is 0.320. The van der Waals surface area contributed by atoms with Crippen molar-refractivity contribution in [2.75, 3.05) is 0 Å². The van der Waals surface area contributed by atoms with Crippen LogP contribution in [-0.2, 0) is 0 Å². The lowest BCUT2D eigenvalue weighted by Gasteiger charge is -2.03. The number of halogens is 2. The quantitative estimate of drug-likeness (QED) is 0.590. The summed E-state index contributed by atoms with van der Waals surface area (Å²) in [7, 11) is 0. The molecule has 64 valence electrons. The van der Waals surface area contributed by atoms with Crippen molar-refractivity contribution >= 4 is 23.2 Å². The molecule has 0 atom stereocenters. The van der Waals surface area contributed by atoms with Crippen LogP contribution in [0.2, 0.25) is 0 Å². The molecule has 0 aliphatic heterocycles. The van der Waals surface area contributed by atoms with Crippen LogP contribution < -0.4 is 0 Å². The largest absolute Gasteiger partial charge is 0.103 e. The highest BCUT2D eigenvalue weighted by molar-refractivity contribution is 6.55.